The van der Waals surface area contributed by atoms with Gasteiger partial charge in [0.05, 0.1) is 11.6 Å². The first-order valence-electron chi connectivity index (χ1n) is 8.32. The van der Waals surface area contributed by atoms with Crippen LogP contribution in [0.4, 0.5) is 4.79 Å². The average Bonchev–Trinajstić information content (AvgIpc) is 3.32. The van der Waals surface area contributed by atoms with E-state index in [0.717, 1.165) is 19.4 Å². The second-order valence-corrected chi connectivity index (χ2v) is 7.18. The van der Waals surface area contributed by atoms with E-state index >= 15 is 0 Å². The maximum Gasteiger partial charge on any atom is 0.319 e. The van der Waals surface area contributed by atoms with E-state index in [1.807, 2.05) is 9.80 Å². The molecule has 3 amide bonds. The van der Waals surface area contributed by atoms with Gasteiger partial charge in [-0.1, -0.05) is 0 Å². The summed E-state index contributed by atoms with van der Waals surface area (Å²) >= 11 is 0. The molecule has 3 rings (SSSR count). The van der Waals surface area contributed by atoms with Crippen molar-refractivity contribution in [3.63, 3.8) is 0 Å². The summed E-state index contributed by atoms with van der Waals surface area (Å²) in [6.07, 6.45) is 4.11. The molecule has 0 N–H and O–H groups in total. The van der Waals surface area contributed by atoms with Crippen molar-refractivity contribution < 1.29 is 14.3 Å². The Hall–Kier alpha value is -1.30. The van der Waals surface area contributed by atoms with E-state index in [1.54, 1.807) is 19.0 Å². The van der Waals surface area contributed by atoms with Crippen molar-refractivity contribution in [2.45, 2.75) is 44.2 Å². The highest BCUT2D eigenvalue weighted by atomic mass is 16.5. The third-order valence-corrected chi connectivity index (χ3v) is 5.45. The second kappa shape index (κ2) is 5.72. The molecule has 2 aliphatic heterocycles. The fourth-order valence-electron chi connectivity index (χ4n) is 3.67. The molecule has 0 unspecified atom stereocenters. The van der Waals surface area contributed by atoms with E-state index < -0.39 is 0 Å². The van der Waals surface area contributed by atoms with Gasteiger partial charge in [-0.3, -0.25) is 4.79 Å². The Morgan fingerprint density at radius 1 is 1.32 bits per heavy atom. The molecule has 6 nitrogen and oxygen atoms in total. The Kier molecular flexibility index (Phi) is 4.05. The number of ether oxygens (including phenoxy) is 1. The van der Waals surface area contributed by atoms with Crippen LogP contribution in [-0.2, 0) is 9.53 Å². The lowest BCUT2D eigenvalue weighted by Crippen LogP contribution is -2.64. The zero-order valence-electron chi connectivity index (χ0n) is 13.9. The summed E-state index contributed by atoms with van der Waals surface area (Å²) in [6.45, 7) is 4.59. The van der Waals surface area contributed by atoms with Crippen molar-refractivity contribution in [1.82, 2.24) is 14.7 Å². The van der Waals surface area contributed by atoms with Gasteiger partial charge in [0, 0.05) is 33.7 Å². The average molecular weight is 309 g/mol. The van der Waals surface area contributed by atoms with Crippen LogP contribution in [0.2, 0.25) is 0 Å². The summed E-state index contributed by atoms with van der Waals surface area (Å²) in [5.74, 6) is 0.814. The third kappa shape index (κ3) is 2.81. The van der Waals surface area contributed by atoms with Gasteiger partial charge in [0.1, 0.15) is 6.61 Å². The molecule has 1 saturated carbocycles. The summed E-state index contributed by atoms with van der Waals surface area (Å²) in [7, 11) is 3.56. The minimum atomic E-state index is -0.272. The van der Waals surface area contributed by atoms with Crippen molar-refractivity contribution in [1.29, 1.82) is 0 Å². The van der Waals surface area contributed by atoms with Crippen molar-refractivity contribution in [2.24, 2.45) is 5.92 Å². The highest BCUT2D eigenvalue weighted by Crippen LogP contribution is 2.38. The SMILES string of the molecule is C[C@H]1N(CC2CC2)C(=O)COC12CCN(C(=O)N(C)C)CC2. The number of carbonyl (C=O) groups is 2. The van der Waals surface area contributed by atoms with Crippen LogP contribution in [0.5, 0.6) is 0 Å². The highest BCUT2D eigenvalue weighted by molar-refractivity contribution is 5.79. The minimum Gasteiger partial charge on any atom is -0.363 e. The van der Waals surface area contributed by atoms with Gasteiger partial charge < -0.3 is 19.4 Å². The Bertz CT molecular complexity index is 454. The number of piperidine rings is 1. The molecule has 1 atom stereocenters. The zero-order chi connectivity index (χ0) is 15.9. The molecule has 6 heteroatoms. The molecule has 0 aromatic carbocycles. The monoisotopic (exact) mass is 309 g/mol. The van der Waals surface area contributed by atoms with E-state index in [0.29, 0.717) is 19.0 Å². The first-order valence-corrected chi connectivity index (χ1v) is 8.32. The number of morpholine rings is 1. The summed E-state index contributed by atoms with van der Waals surface area (Å²) < 4.78 is 6.01. The predicted molar refractivity (Wildman–Crippen MR) is 82.5 cm³/mol. The van der Waals surface area contributed by atoms with Gasteiger partial charge in [0.15, 0.2) is 0 Å². The smallest absolute Gasteiger partial charge is 0.319 e. The van der Waals surface area contributed by atoms with Crippen LogP contribution < -0.4 is 0 Å². The van der Waals surface area contributed by atoms with E-state index in [-0.39, 0.29) is 30.2 Å². The normalized spacial score (nSPS) is 28.1. The maximum atomic E-state index is 12.2. The molecule has 1 spiro atoms. The summed E-state index contributed by atoms with van der Waals surface area (Å²) in [5.41, 5.74) is -0.272. The topological polar surface area (TPSA) is 53.1 Å². The molecular formula is C16H27N3O3. The first-order chi connectivity index (χ1) is 10.4. The summed E-state index contributed by atoms with van der Waals surface area (Å²) in [6, 6.07) is 0.162. The summed E-state index contributed by atoms with van der Waals surface area (Å²) in [5, 5.41) is 0. The predicted octanol–water partition coefficient (Wildman–Crippen LogP) is 1.16. The van der Waals surface area contributed by atoms with Crippen LogP contribution >= 0.6 is 0 Å². The Balaban J connectivity index is 1.66. The van der Waals surface area contributed by atoms with Gasteiger partial charge in [-0.25, -0.2) is 4.79 Å². The molecular weight excluding hydrogens is 282 g/mol. The fourth-order valence-corrected chi connectivity index (χ4v) is 3.67. The quantitative estimate of drug-likeness (QED) is 0.769. The number of rotatable bonds is 2. The number of urea groups is 1. The minimum absolute atomic E-state index is 0.0595. The van der Waals surface area contributed by atoms with Gasteiger partial charge >= 0.3 is 6.03 Å². The molecule has 2 saturated heterocycles. The van der Waals surface area contributed by atoms with Gasteiger partial charge in [-0.2, -0.15) is 0 Å². The van der Waals surface area contributed by atoms with Crippen molar-refractivity contribution >= 4 is 11.9 Å². The van der Waals surface area contributed by atoms with E-state index in [2.05, 4.69) is 6.92 Å². The van der Waals surface area contributed by atoms with Crippen LogP contribution in [0.15, 0.2) is 0 Å². The number of nitrogens with zero attached hydrogens (tertiary/aromatic N) is 3. The summed E-state index contributed by atoms with van der Waals surface area (Å²) in [4.78, 5) is 29.8. The standard InChI is InChI=1S/C16H27N3O3/c1-12-16(6-8-18(9-7-16)15(21)17(2)3)22-11-14(20)19(12)10-13-4-5-13/h12-13H,4-11H2,1-3H3/t12-/m1/s1. The fraction of sp³-hybridized carbons (Fsp3) is 0.875. The van der Waals surface area contributed by atoms with Crippen LogP contribution in [0, 0.1) is 5.92 Å². The largest absolute Gasteiger partial charge is 0.363 e. The molecule has 0 radical (unpaired) electrons. The molecule has 0 bridgehead atoms. The number of hydrogen-bond acceptors (Lipinski definition) is 3. The molecule has 22 heavy (non-hydrogen) atoms. The third-order valence-electron chi connectivity index (χ3n) is 5.45. The van der Waals surface area contributed by atoms with E-state index in [9.17, 15) is 9.59 Å². The Morgan fingerprint density at radius 3 is 2.50 bits per heavy atom. The second-order valence-electron chi connectivity index (χ2n) is 7.18. The van der Waals surface area contributed by atoms with Crippen LogP contribution in [0.25, 0.3) is 0 Å². The molecule has 3 fully saturated rings. The van der Waals surface area contributed by atoms with Crippen LogP contribution in [0.1, 0.15) is 32.6 Å². The number of carbonyl (C=O) groups excluding carboxylic acids is 2. The first kappa shape index (κ1) is 15.6. The van der Waals surface area contributed by atoms with Crippen molar-refractivity contribution in [3.8, 4) is 0 Å². The van der Waals surface area contributed by atoms with Gasteiger partial charge in [-0.05, 0) is 38.5 Å². The Morgan fingerprint density at radius 2 is 1.95 bits per heavy atom. The number of likely N-dealkylation sites (tertiary alicyclic amines) is 1. The molecule has 1 aliphatic carbocycles. The molecule has 3 aliphatic rings. The van der Waals surface area contributed by atoms with Crippen LogP contribution in [0.3, 0.4) is 0 Å². The van der Waals surface area contributed by atoms with E-state index in [4.69, 9.17) is 4.74 Å². The lowest BCUT2D eigenvalue weighted by molar-refractivity contribution is -0.185. The van der Waals surface area contributed by atoms with Crippen molar-refractivity contribution in [2.75, 3.05) is 40.3 Å². The number of amides is 3. The molecule has 2 heterocycles. The van der Waals surface area contributed by atoms with Gasteiger partial charge in [0.2, 0.25) is 5.91 Å². The highest BCUT2D eigenvalue weighted by Gasteiger charge is 2.49. The zero-order valence-corrected chi connectivity index (χ0v) is 13.9. The van der Waals surface area contributed by atoms with Crippen LogP contribution in [-0.4, -0.2) is 78.6 Å². The lowest BCUT2D eigenvalue weighted by atomic mass is 9.82. The maximum absolute atomic E-state index is 12.2. The lowest BCUT2D eigenvalue weighted by Gasteiger charge is -2.51. The van der Waals surface area contributed by atoms with E-state index in [1.165, 1.54) is 12.8 Å². The van der Waals surface area contributed by atoms with Gasteiger partial charge in [-0.15, -0.1) is 0 Å². The molecule has 0 aromatic rings. The molecule has 0 aromatic heterocycles. The van der Waals surface area contributed by atoms with Gasteiger partial charge in [0.25, 0.3) is 0 Å². The number of hydrogen-bond donors (Lipinski definition) is 0. The Labute approximate surface area is 132 Å². The molecule has 124 valence electrons. The van der Waals surface area contributed by atoms with Crippen molar-refractivity contribution in [3.05, 3.63) is 0 Å².